The van der Waals surface area contributed by atoms with Gasteiger partial charge in [0.05, 0.1) is 0 Å². The maximum absolute atomic E-state index is 12.9. The Morgan fingerprint density at radius 1 is 1.07 bits per heavy atom. The van der Waals surface area contributed by atoms with Crippen LogP contribution in [0, 0.1) is 0 Å². The van der Waals surface area contributed by atoms with Crippen LogP contribution in [0.1, 0.15) is 12.5 Å². The van der Waals surface area contributed by atoms with Crippen molar-refractivity contribution in [1.29, 1.82) is 0 Å². The molecule has 0 radical (unpaired) electrons. The summed E-state index contributed by atoms with van der Waals surface area (Å²) in [5.74, 6) is 0.729. The van der Waals surface area contributed by atoms with Crippen LogP contribution in [0.5, 0.6) is 0 Å². The molecule has 1 fully saturated rings. The van der Waals surface area contributed by atoms with Gasteiger partial charge in [0.15, 0.2) is 5.96 Å². The lowest BCUT2D eigenvalue weighted by atomic mass is 10.2. The summed E-state index contributed by atoms with van der Waals surface area (Å²) in [6.45, 7) is 5.56. The summed E-state index contributed by atoms with van der Waals surface area (Å²) in [6, 6.07) is 7.01. The Balaban J connectivity index is 1.49. The van der Waals surface area contributed by atoms with E-state index in [0.29, 0.717) is 32.7 Å². The fraction of sp³-hybridized carbons (Fsp3) is 0.550. The molecular weight excluding hydrogens is 367 g/mol. The van der Waals surface area contributed by atoms with Crippen molar-refractivity contribution in [3.8, 4) is 0 Å². The highest BCUT2D eigenvalue weighted by Gasteiger charge is 2.41. The van der Waals surface area contributed by atoms with E-state index in [1.54, 1.807) is 7.05 Å². The van der Waals surface area contributed by atoms with E-state index >= 15 is 0 Å². The van der Waals surface area contributed by atoms with Crippen molar-refractivity contribution in [2.45, 2.75) is 25.7 Å². The van der Waals surface area contributed by atoms with Crippen molar-refractivity contribution < 1.29 is 13.2 Å². The van der Waals surface area contributed by atoms with E-state index in [-0.39, 0.29) is 0 Å². The lowest BCUT2D eigenvalue weighted by Gasteiger charge is -2.39. The first kappa shape index (κ1) is 20.5. The number of nitrogens with one attached hydrogen (secondary N) is 1. The molecule has 154 valence electrons. The molecule has 1 unspecified atom stereocenters. The molecule has 1 aromatic carbocycles. The minimum absolute atomic E-state index is 0.375. The summed E-state index contributed by atoms with van der Waals surface area (Å²) in [5.41, 5.74) is 2.34. The Kier molecular flexibility index (Phi) is 6.49. The number of hydrogen-bond acceptors (Lipinski definition) is 3. The molecule has 0 spiro atoms. The van der Waals surface area contributed by atoms with Crippen LogP contribution >= 0.6 is 0 Å². The highest BCUT2D eigenvalue weighted by atomic mass is 19.4. The topological polar surface area (TPSA) is 34.1 Å². The first-order chi connectivity index (χ1) is 13.4. The van der Waals surface area contributed by atoms with Crippen molar-refractivity contribution >= 4 is 11.6 Å². The van der Waals surface area contributed by atoms with Crippen LogP contribution in [-0.4, -0.2) is 74.3 Å². The van der Waals surface area contributed by atoms with Gasteiger partial charge in [0.25, 0.3) is 0 Å². The second kappa shape index (κ2) is 8.86. The van der Waals surface area contributed by atoms with Crippen LogP contribution in [0.15, 0.2) is 41.4 Å². The fourth-order valence-corrected chi connectivity index (χ4v) is 3.55. The minimum atomic E-state index is -4.18. The smallest absolute Gasteiger partial charge is 0.364 e. The first-order valence-corrected chi connectivity index (χ1v) is 9.63. The van der Waals surface area contributed by atoms with Gasteiger partial charge in [-0.3, -0.25) is 9.89 Å². The van der Waals surface area contributed by atoms with Gasteiger partial charge in [0.1, 0.15) is 6.04 Å². The number of hydrogen-bond donors (Lipinski definition) is 1. The molecule has 0 aliphatic carbocycles. The normalized spacial score (nSPS) is 20.0. The maximum Gasteiger partial charge on any atom is 0.403 e. The van der Waals surface area contributed by atoms with Gasteiger partial charge in [-0.1, -0.05) is 24.3 Å². The standard InChI is InChI=1S/C20H28F3N5/c1-16(20(21,22)23)26-11-13-28(14-12-26)19(24-2)25-15-17-5-7-18(8-6-17)27-9-3-4-10-27/h3-8,16H,9-15H2,1-2H3,(H,24,25). The monoisotopic (exact) mass is 395 g/mol. The molecule has 0 saturated carbocycles. The van der Waals surface area contributed by atoms with Crippen LogP contribution in [-0.2, 0) is 6.54 Å². The molecule has 1 aromatic rings. The summed E-state index contributed by atoms with van der Waals surface area (Å²) in [5, 5.41) is 3.33. The minimum Gasteiger partial charge on any atom is -0.364 e. The van der Waals surface area contributed by atoms with Gasteiger partial charge in [-0.25, -0.2) is 0 Å². The number of guanidine groups is 1. The second-order valence-electron chi connectivity index (χ2n) is 7.18. The van der Waals surface area contributed by atoms with E-state index in [0.717, 1.165) is 24.6 Å². The van der Waals surface area contributed by atoms with Gasteiger partial charge in [0.2, 0.25) is 0 Å². The Hall–Kier alpha value is -2.22. The van der Waals surface area contributed by atoms with Crippen molar-refractivity contribution in [2.24, 2.45) is 4.99 Å². The van der Waals surface area contributed by atoms with E-state index in [1.807, 2.05) is 4.90 Å². The lowest BCUT2D eigenvalue weighted by molar-refractivity contribution is -0.181. The van der Waals surface area contributed by atoms with Crippen LogP contribution in [0.4, 0.5) is 18.9 Å². The third-order valence-corrected chi connectivity index (χ3v) is 5.42. The quantitative estimate of drug-likeness (QED) is 0.483. The third-order valence-electron chi connectivity index (χ3n) is 5.42. The van der Waals surface area contributed by atoms with Crippen molar-refractivity contribution in [1.82, 2.24) is 15.1 Å². The van der Waals surface area contributed by atoms with Crippen molar-refractivity contribution in [3.63, 3.8) is 0 Å². The van der Waals surface area contributed by atoms with Gasteiger partial charge in [-0.15, -0.1) is 0 Å². The summed E-state index contributed by atoms with van der Waals surface area (Å²) in [7, 11) is 1.70. The molecule has 8 heteroatoms. The number of rotatable bonds is 4. The average Bonchev–Trinajstić information content (AvgIpc) is 3.23. The Morgan fingerprint density at radius 3 is 2.21 bits per heavy atom. The van der Waals surface area contributed by atoms with E-state index in [2.05, 4.69) is 51.6 Å². The van der Waals surface area contributed by atoms with E-state index in [9.17, 15) is 13.2 Å². The van der Waals surface area contributed by atoms with Crippen molar-refractivity contribution in [2.75, 3.05) is 51.2 Å². The van der Waals surface area contributed by atoms with Gasteiger partial charge < -0.3 is 15.1 Å². The molecule has 2 aliphatic rings. The second-order valence-corrected chi connectivity index (χ2v) is 7.18. The summed E-state index contributed by atoms with van der Waals surface area (Å²) < 4.78 is 38.7. The predicted molar refractivity (Wildman–Crippen MR) is 107 cm³/mol. The summed E-state index contributed by atoms with van der Waals surface area (Å²) in [4.78, 5) is 10.1. The molecule has 5 nitrogen and oxygen atoms in total. The molecule has 0 aromatic heterocycles. The fourth-order valence-electron chi connectivity index (χ4n) is 3.55. The number of anilines is 1. The molecule has 1 saturated heterocycles. The Labute approximate surface area is 164 Å². The molecule has 3 rings (SSSR count). The number of halogens is 3. The number of piperazine rings is 1. The molecule has 2 heterocycles. The van der Waals surface area contributed by atoms with E-state index in [4.69, 9.17) is 0 Å². The molecule has 28 heavy (non-hydrogen) atoms. The number of aliphatic imine (C=N–C) groups is 1. The van der Waals surface area contributed by atoms with Crippen LogP contribution < -0.4 is 10.2 Å². The molecule has 1 atom stereocenters. The SMILES string of the molecule is CN=C(NCc1ccc(N2CC=CC2)cc1)N1CCN(C(C)C(F)(F)F)CC1. The van der Waals surface area contributed by atoms with Gasteiger partial charge in [-0.05, 0) is 24.6 Å². The highest BCUT2D eigenvalue weighted by molar-refractivity contribution is 5.80. The average molecular weight is 395 g/mol. The number of benzene rings is 1. The van der Waals surface area contributed by atoms with Gasteiger partial charge in [0, 0.05) is 58.5 Å². The Morgan fingerprint density at radius 2 is 1.68 bits per heavy atom. The third kappa shape index (κ3) is 4.98. The molecule has 2 aliphatic heterocycles. The van der Waals surface area contributed by atoms with E-state index in [1.165, 1.54) is 17.5 Å². The molecular formula is C20H28F3N5. The zero-order valence-corrected chi connectivity index (χ0v) is 16.4. The van der Waals surface area contributed by atoms with Crippen LogP contribution in [0.3, 0.4) is 0 Å². The number of nitrogens with zero attached hydrogens (tertiary/aromatic N) is 4. The summed E-state index contributed by atoms with van der Waals surface area (Å²) >= 11 is 0. The number of alkyl halides is 3. The maximum atomic E-state index is 12.9. The van der Waals surface area contributed by atoms with Gasteiger partial charge >= 0.3 is 6.18 Å². The zero-order valence-electron chi connectivity index (χ0n) is 16.4. The molecule has 0 bridgehead atoms. The zero-order chi connectivity index (χ0) is 20.1. The molecule has 1 N–H and O–H groups in total. The first-order valence-electron chi connectivity index (χ1n) is 9.63. The largest absolute Gasteiger partial charge is 0.403 e. The van der Waals surface area contributed by atoms with Gasteiger partial charge in [-0.2, -0.15) is 13.2 Å². The molecule has 0 amide bonds. The Bertz CT molecular complexity index is 683. The lowest BCUT2D eigenvalue weighted by Crippen LogP contribution is -2.56. The van der Waals surface area contributed by atoms with Crippen LogP contribution in [0.25, 0.3) is 0 Å². The van der Waals surface area contributed by atoms with E-state index < -0.39 is 12.2 Å². The summed E-state index contributed by atoms with van der Waals surface area (Å²) in [6.07, 6.45) is 0.142. The predicted octanol–water partition coefficient (Wildman–Crippen LogP) is 2.71. The van der Waals surface area contributed by atoms with Crippen molar-refractivity contribution in [3.05, 3.63) is 42.0 Å². The highest BCUT2D eigenvalue weighted by Crippen LogP contribution is 2.25. The van der Waals surface area contributed by atoms with Crippen LogP contribution in [0.2, 0.25) is 0 Å².